The van der Waals surface area contributed by atoms with Crippen molar-refractivity contribution >= 4 is 16.5 Å². The Morgan fingerprint density at radius 1 is 1.40 bits per heavy atom. The van der Waals surface area contributed by atoms with Gasteiger partial charge >= 0.3 is 0 Å². The standard InChI is InChI=1S/C11H21N3S/c1-3-4-5-7-14(2)8-6-10-9-15-11(12)13-10/h9H,3-8H2,1-2H3,(H2,12,13). The van der Waals surface area contributed by atoms with Crippen molar-refractivity contribution in [2.75, 3.05) is 25.9 Å². The number of unbranched alkanes of at least 4 members (excludes halogenated alkanes) is 2. The van der Waals surface area contributed by atoms with Gasteiger partial charge in [0, 0.05) is 18.3 Å². The van der Waals surface area contributed by atoms with Gasteiger partial charge < -0.3 is 10.6 Å². The summed E-state index contributed by atoms with van der Waals surface area (Å²) in [6.45, 7) is 4.50. The Hall–Kier alpha value is -0.610. The third-order valence-corrected chi connectivity index (χ3v) is 3.19. The third-order valence-electron chi connectivity index (χ3n) is 2.46. The van der Waals surface area contributed by atoms with Crippen molar-refractivity contribution in [3.05, 3.63) is 11.1 Å². The molecule has 0 saturated carbocycles. The molecule has 0 atom stereocenters. The van der Waals surface area contributed by atoms with Gasteiger partial charge in [0.05, 0.1) is 5.69 Å². The summed E-state index contributed by atoms with van der Waals surface area (Å²) in [7, 11) is 2.17. The molecule has 86 valence electrons. The molecule has 0 aliphatic heterocycles. The highest BCUT2D eigenvalue weighted by atomic mass is 32.1. The van der Waals surface area contributed by atoms with Gasteiger partial charge in [0.15, 0.2) is 5.13 Å². The molecular weight excluding hydrogens is 206 g/mol. The van der Waals surface area contributed by atoms with Crippen molar-refractivity contribution in [1.29, 1.82) is 0 Å². The average Bonchev–Trinajstić information content (AvgIpc) is 2.62. The van der Waals surface area contributed by atoms with Crippen LogP contribution in [0.4, 0.5) is 5.13 Å². The van der Waals surface area contributed by atoms with Gasteiger partial charge in [0.1, 0.15) is 0 Å². The van der Waals surface area contributed by atoms with Gasteiger partial charge in [-0.05, 0) is 20.0 Å². The van der Waals surface area contributed by atoms with Crippen LogP contribution in [0, 0.1) is 0 Å². The molecule has 0 fully saturated rings. The highest BCUT2D eigenvalue weighted by Gasteiger charge is 2.01. The average molecular weight is 227 g/mol. The van der Waals surface area contributed by atoms with E-state index in [1.165, 1.54) is 37.1 Å². The zero-order valence-electron chi connectivity index (χ0n) is 9.70. The van der Waals surface area contributed by atoms with Crippen LogP contribution in [-0.4, -0.2) is 30.0 Å². The van der Waals surface area contributed by atoms with Gasteiger partial charge in [-0.15, -0.1) is 11.3 Å². The van der Waals surface area contributed by atoms with Crippen LogP contribution in [-0.2, 0) is 6.42 Å². The summed E-state index contributed by atoms with van der Waals surface area (Å²) >= 11 is 1.53. The second-order valence-corrected chi connectivity index (χ2v) is 4.83. The molecule has 0 saturated heterocycles. The number of anilines is 1. The number of aromatic nitrogens is 1. The van der Waals surface area contributed by atoms with E-state index in [9.17, 15) is 0 Å². The Kier molecular flexibility index (Phi) is 5.65. The SMILES string of the molecule is CCCCCN(C)CCc1csc(N)n1. The maximum atomic E-state index is 5.58. The van der Waals surface area contributed by atoms with Gasteiger partial charge in [0.2, 0.25) is 0 Å². The summed E-state index contributed by atoms with van der Waals surface area (Å²) in [5.41, 5.74) is 6.70. The highest BCUT2D eigenvalue weighted by molar-refractivity contribution is 7.13. The van der Waals surface area contributed by atoms with Crippen LogP contribution in [0.2, 0.25) is 0 Å². The second kappa shape index (κ2) is 6.80. The number of nitrogen functional groups attached to an aromatic ring is 1. The number of rotatable bonds is 7. The van der Waals surface area contributed by atoms with Crippen LogP contribution in [0.25, 0.3) is 0 Å². The fourth-order valence-corrected chi connectivity index (χ4v) is 2.08. The lowest BCUT2D eigenvalue weighted by Gasteiger charge is -2.15. The lowest BCUT2D eigenvalue weighted by atomic mass is 10.2. The molecule has 15 heavy (non-hydrogen) atoms. The minimum Gasteiger partial charge on any atom is -0.375 e. The predicted octanol–water partition coefficient (Wildman–Crippen LogP) is 2.39. The molecule has 1 heterocycles. The number of nitrogens with zero attached hydrogens (tertiary/aromatic N) is 2. The Labute approximate surface area is 96.3 Å². The number of thiazole rings is 1. The van der Waals surface area contributed by atoms with E-state index in [2.05, 4.69) is 29.2 Å². The summed E-state index contributed by atoms with van der Waals surface area (Å²) in [6.07, 6.45) is 4.92. The molecule has 0 amide bonds. The largest absolute Gasteiger partial charge is 0.375 e. The number of hydrogen-bond acceptors (Lipinski definition) is 4. The summed E-state index contributed by atoms with van der Waals surface area (Å²) in [4.78, 5) is 6.61. The number of nitrogens with two attached hydrogens (primary N) is 1. The van der Waals surface area contributed by atoms with Crippen LogP contribution in [0.5, 0.6) is 0 Å². The maximum Gasteiger partial charge on any atom is 0.180 e. The van der Waals surface area contributed by atoms with Gasteiger partial charge in [-0.25, -0.2) is 4.98 Å². The van der Waals surface area contributed by atoms with E-state index in [0.717, 1.165) is 18.7 Å². The van der Waals surface area contributed by atoms with Gasteiger partial charge in [0.25, 0.3) is 0 Å². The quantitative estimate of drug-likeness (QED) is 0.727. The topological polar surface area (TPSA) is 42.1 Å². The molecule has 0 bridgehead atoms. The summed E-state index contributed by atoms with van der Waals surface area (Å²) in [5, 5.41) is 2.73. The lowest BCUT2D eigenvalue weighted by molar-refractivity contribution is 0.328. The van der Waals surface area contributed by atoms with Crippen LogP contribution < -0.4 is 5.73 Å². The van der Waals surface area contributed by atoms with Crippen LogP contribution in [0.1, 0.15) is 31.9 Å². The molecule has 0 unspecified atom stereocenters. The van der Waals surface area contributed by atoms with Crippen molar-refractivity contribution in [2.24, 2.45) is 0 Å². The summed E-state index contributed by atoms with van der Waals surface area (Å²) < 4.78 is 0. The van der Waals surface area contributed by atoms with Crippen molar-refractivity contribution in [2.45, 2.75) is 32.6 Å². The first-order chi connectivity index (χ1) is 7.22. The molecule has 0 spiro atoms. The minimum atomic E-state index is 0.679. The molecule has 1 aromatic heterocycles. The van der Waals surface area contributed by atoms with Gasteiger partial charge in [-0.3, -0.25) is 0 Å². The zero-order valence-corrected chi connectivity index (χ0v) is 10.5. The molecule has 4 heteroatoms. The first-order valence-electron chi connectivity index (χ1n) is 5.60. The fraction of sp³-hybridized carbons (Fsp3) is 0.727. The highest BCUT2D eigenvalue weighted by Crippen LogP contribution is 2.11. The van der Waals surface area contributed by atoms with Crippen molar-refractivity contribution in [1.82, 2.24) is 9.88 Å². The Morgan fingerprint density at radius 2 is 2.20 bits per heavy atom. The Bertz CT molecular complexity index is 273. The number of likely N-dealkylation sites (N-methyl/N-ethyl adjacent to an activating group) is 1. The molecule has 0 aliphatic carbocycles. The fourth-order valence-electron chi connectivity index (χ4n) is 1.49. The van der Waals surface area contributed by atoms with Crippen molar-refractivity contribution in [3.8, 4) is 0 Å². The monoisotopic (exact) mass is 227 g/mol. The van der Waals surface area contributed by atoms with Crippen LogP contribution >= 0.6 is 11.3 Å². The number of hydrogen-bond donors (Lipinski definition) is 1. The first kappa shape index (κ1) is 12.5. The van der Waals surface area contributed by atoms with E-state index in [4.69, 9.17) is 5.73 Å². The molecular formula is C11H21N3S. The second-order valence-electron chi connectivity index (χ2n) is 3.94. The van der Waals surface area contributed by atoms with Gasteiger partial charge in [-0.1, -0.05) is 19.8 Å². The maximum absolute atomic E-state index is 5.58. The molecule has 0 radical (unpaired) electrons. The zero-order chi connectivity index (χ0) is 11.1. The molecule has 0 aliphatic rings. The van der Waals surface area contributed by atoms with Crippen molar-refractivity contribution < 1.29 is 0 Å². The van der Waals surface area contributed by atoms with Crippen LogP contribution in [0.3, 0.4) is 0 Å². The summed E-state index contributed by atoms with van der Waals surface area (Å²) in [6, 6.07) is 0. The Balaban J connectivity index is 2.13. The van der Waals surface area contributed by atoms with Crippen LogP contribution in [0.15, 0.2) is 5.38 Å². The predicted molar refractivity (Wildman–Crippen MR) is 67.3 cm³/mol. The molecule has 1 aromatic rings. The van der Waals surface area contributed by atoms with E-state index < -0.39 is 0 Å². The Morgan fingerprint density at radius 3 is 2.80 bits per heavy atom. The minimum absolute atomic E-state index is 0.679. The van der Waals surface area contributed by atoms with Crippen molar-refractivity contribution in [3.63, 3.8) is 0 Å². The smallest absolute Gasteiger partial charge is 0.180 e. The van der Waals surface area contributed by atoms with Gasteiger partial charge in [-0.2, -0.15) is 0 Å². The molecule has 0 aromatic carbocycles. The van der Waals surface area contributed by atoms with E-state index in [0.29, 0.717) is 5.13 Å². The van der Waals surface area contributed by atoms with E-state index in [-0.39, 0.29) is 0 Å². The van der Waals surface area contributed by atoms with E-state index in [1.807, 2.05) is 0 Å². The lowest BCUT2D eigenvalue weighted by Crippen LogP contribution is -2.22. The molecule has 3 nitrogen and oxygen atoms in total. The molecule has 1 rings (SSSR count). The summed E-state index contributed by atoms with van der Waals surface area (Å²) in [5.74, 6) is 0. The van der Waals surface area contributed by atoms with E-state index >= 15 is 0 Å². The van der Waals surface area contributed by atoms with E-state index in [1.54, 1.807) is 0 Å². The molecule has 2 N–H and O–H groups in total. The first-order valence-corrected chi connectivity index (χ1v) is 6.48. The third kappa shape index (κ3) is 5.14. The normalized spacial score (nSPS) is 11.1.